The molecular formula is C26H26Br4N5NaO9. The number of hydrogen-bond acceptors (Lipinski definition) is 13. The average Bonchev–Trinajstić information content (AvgIpc) is 3.37. The molecule has 0 unspecified atom stereocenters. The first-order valence-electron chi connectivity index (χ1n) is 11.9. The van der Waals surface area contributed by atoms with Gasteiger partial charge in [0.05, 0.1) is 58.0 Å². The molecule has 0 fully saturated rings. The van der Waals surface area contributed by atoms with Crippen molar-refractivity contribution in [2.75, 3.05) is 35.0 Å². The predicted octanol–water partition coefficient (Wildman–Crippen LogP) is 1.61. The molecule has 0 saturated carbocycles. The maximum Gasteiger partial charge on any atom is 1.00 e. The van der Waals surface area contributed by atoms with Crippen molar-refractivity contribution >= 4 is 75.7 Å². The van der Waals surface area contributed by atoms with Gasteiger partial charge in [-0.25, -0.2) is 29.3 Å². The van der Waals surface area contributed by atoms with E-state index in [1.54, 1.807) is 25.1 Å². The molecule has 0 amide bonds. The zero-order valence-corrected chi connectivity index (χ0v) is 33.4. The molecule has 0 N–H and O–H groups in total. The second-order valence-electron chi connectivity index (χ2n) is 7.44. The predicted molar refractivity (Wildman–Crippen MR) is 171 cm³/mol. The van der Waals surface area contributed by atoms with Gasteiger partial charge < -0.3 is 28.5 Å². The Bertz CT molecular complexity index is 1610. The van der Waals surface area contributed by atoms with Crippen molar-refractivity contribution in [3.63, 3.8) is 0 Å². The smallest absolute Gasteiger partial charge is 0.857 e. The van der Waals surface area contributed by atoms with Crippen molar-refractivity contribution in [3.05, 3.63) is 76.5 Å². The fraction of sp³-hybridized carbons (Fsp3) is 0.269. The topological polar surface area (TPSA) is 181 Å². The number of methoxy groups -OCH3 is 3. The van der Waals surface area contributed by atoms with Crippen molar-refractivity contribution < 1.29 is 67.6 Å². The number of ether oxygens (including phenoxy) is 4. The van der Waals surface area contributed by atoms with Gasteiger partial charge in [0, 0.05) is 25.6 Å². The SMILES string of the molecule is CCOC(=O)c1cnc(Br)c(Br)c1.COC(=O)c1cnc(OC)c(Br)c1.COc1ncc(-c2nn(C)c(=O)o2)cc1Br.C[O-].[Na+]. The summed E-state index contributed by atoms with van der Waals surface area (Å²) in [5, 5.41) is 12.2. The van der Waals surface area contributed by atoms with Crippen LogP contribution < -0.4 is 49.9 Å². The number of halogens is 4. The summed E-state index contributed by atoms with van der Waals surface area (Å²) in [6, 6.07) is 4.98. The van der Waals surface area contributed by atoms with Crippen molar-refractivity contribution in [1.29, 1.82) is 0 Å². The maximum absolute atomic E-state index is 11.2. The molecule has 0 bridgehead atoms. The van der Waals surface area contributed by atoms with Crippen molar-refractivity contribution in [3.8, 4) is 23.2 Å². The molecule has 45 heavy (non-hydrogen) atoms. The molecule has 0 aliphatic carbocycles. The Morgan fingerprint density at radius 3 is 1.80 bits per heavy atom. The number of esters is 2. The number of rotatable bonds is 6. The van der Waals surface area contributed by atoms with Gasteiger partial charge in [0.15, 0.2) is 0 Å². The number of hydrogen-bond donors (Lipinski definition) is 0. The first-order chi connectivity index (χ1) is 20.9. The summed E-state index contributed by atoms with van der Waals surface area (Å²) in [7, 11) is 6.61. The second kappa shape index (κ2) is 22.4. The second-order valence-corrected chi connectivity index (χ2v) is 10.7. The fourth-order valence-electron chi connectivity index (χ4n) is 2.71. The number of nitrogens with zero attached hydrogens (tertiary/aromatic N) is 5. The normalized spacial score (nSPS) is 9.40. The molecule has 19 heteroatoms. The van der Waals surface area contributed by atoms with E-state index in [-0.39, 0.29) is 41.4 Å². The number of carbonyl (C=O) groups excluding carboxylic acids is 2. The van der Waals surface area contributed by atoms with E-state index < -0.39 is 11.7 Å². The average molecular weight is 895 g/mol. The van der Waals surface area contributed by atoms with Gasteiger partial charge in [-0.3, -0.25) is 0 Å². The summed E-state index contributed by atoms with van der Waals surface area (Å²) in [6.45, 7) is 2.13. The third kappa shape index (κ3) is 13.6. The third-order valence-electron chi connectivity index (χ3n) is 4.67. The van der Waals surface area contributed by atoms with Gasteiger partial charge in [-0.2, -0.15) is 11.8 Å². The number of aryl methyl sites for hydroxylation is 1. The van der Waals surface area contributed by atoms with E-state index in [0.717, 1.165) is 16.3 Å². The Labute approximate surface area is 314 Å². The van der Waals surface area contributed by atoms with E-state index in [0.29, 0.717) is 48.6 Å². The molecule has 4 aromatic rings. The molecule has 4 rings (SSSR count). The summed E-state index contributed by atoms with van der Waals surface area (Å²) >= 11 is 13.0. The molecule has 0 radical (unpaired) electrons. The van der Waals surface area contributed by atoms with Crippen molar-refractivity contribution in [1.82, 2.24) is 24.7 Å². The molecular weight excluding hydrogens is 869 g/mol. The van der Waals surface area contributed by atoms with Crippen LogP contribution in [0.2, 0.25) is 0 Å². The van der Waals surface area contributed by atoms with Gasteiger partial charge in [-0.15, -0.1) is 5.10 Å². The van der Waals surface area contributed by atoms with Gasteiger partial charge in [0.25, 0.3) is 5.89 Å². The van der Waals surface area contributed by atoms with Crippen LogP contribution in [0.3, 0.4) is 0 Å². The van der Waals surface area contributed by atoms with Gasteiger partial charge in [-0.05, 0) is 88.8 Å². The minimum Gasteiger partial charge on any atom is -0.857 e. The number of carbonyl (C=O) groups is 2. The summed E-state index contributed by atoms with van der Waals surface area (Å²) in [6.07, 6.45) is 4.39. The number of pyridine rings is 3. The summed E-state index contributed by atoms with van der Waals surface area (Å²) in [5.41, 5.74) is 1.43. The molecule has 4 heterocycles. The molecule has 0 aromatic carbocycles. The largest absolute Gasteiger partial charge is 1.00 e. The Morgan fingerprint density at radius 2 is 1.36 bits per heavy atom. The minimum absolute atomic E-state index is 0. The van der Waals surface area contributed by atoms with Crippen LogP contribution in [-0.2, 0) is 16.5 Å². The van der Waals surface area contributed by atoms with Crippen molar-refractivity contribution in [2.45, 2.75) is 6.92 Å². The Hall–Kier alpha value is -2.19. The van der Waals surface area contributed by atoms with E-state index in [1.807, 2.05) is 0 Å². The van der Waals surface area contributed by atoms with E-state index in [2.05, 4.69) is 88.5 Å². The van der Waals surface area contributed by atoms with E-state index in [4.69, 9.17) is 23.7 Å². The molecule has 4 aromatic heterocycles. The molecule has 0 aliphatic heterocycles. The van der Waals surface area contributed by atoms with E-state index in [1.165, 1.54) is 47.0 Å². The van der Waals surface area contributed by atoms with Crippen LogP contribution >= 0.6 is 63.7 Å². The van der Waals surface area contributed by atoms with Gasteiger partial charge in [0.2, 0.25) is 11.8 Å². The van der Waals surface area contributed by atoms with Crippen molar-refractivity contribution in [2.24, 2.45) is 7.05 Å². The zero-order valence-electron chi connectivity index (χ0n) is 25.1. The van der Waals surface area contributed by atoms with Crippen LogP contribution in [0.5, 0.6) is 11.8 Å². The first kappa shape index (κ1) is 42.8. The maximum atomic E-state index is 11.2. The van der Waals surface area contributed by atoms with Crippen LogP contribution in [0.4, 0.5) is 0 Å². The summed E-state index contributed by atoms with van der Waals surface area (Å²) in [5.74, 6) is -0.168. The fourth-order valence-corrected chi connectivity index (χ4v) is 4.30. The van der Waals surface area contributed by atoms with Crippen LogP contribution in [0.25, 0.3) is 11.5 Å². The number of aromatic nitrogens is 5. The molecule has 0 saturated heterocycles. The first-order valence-corrected chi connectivity index (χ1v) is 15.0. The zero-order chi connectivity index (χ0) is 33.4. The molecule has 238 valence electrons. The van der Waals surface area contributed by atoms with Gasteiger partial charge in [0.1, 0.15) is 4.60 Å². The molecule has 0 atom stereocenters. The monoisotopic (exact) mass is 891 g/mol. The minimum atomic E-state index is -0.512. The van der Waals surface area contributed by atoms with E-state index in [9.17, 15) is 14.4 Å². The Kier molecular flexibility index (Phi) is 21.3. The standard InChI is InChI=1S/C9H8BrN3O3.C8H7Br2NO2.C8H8BrNO3.CH3O.Na/c1-13-9(14)16-7(12-13)5-3-6(10)8(15-2)11-4-5;1-2-13-8(12)5-3-6(9)7(10)11-4-5;1-12-7-6(9)3-5(4-10-7)8(11)13-2;1-2;/h3-4H,1-2H3;3-4H,2H2,1H3;3-4H,1-2H3;1H3;/q;;;-1;+1. The summed E-state index contributed by atoms with van der Waals surface area (Å²) in [4.78, 5) is 45.2. The third-order valence-corrected chi connectivity index (χ3v) is 7.57. The Balaban J connectivity index is 0.000000626. The molecule has 0 spiro atoms. The van der Waals surface area contributed by atoms with Gasteiger partial charge >= 0.3 is 47.3 Å². The van der Waals surface area contributed by atoms with Crippen LogP contribution in [0.15, 0.2) is 64.0 Å². The van der Waals surface area contributed by atoms with Gasteiger partial charge in [-0.1, -0.05) is 0 Å². The quantitative estimate of drug-likeness (QED) is 0.155. The van der Waals surface area contributed by atoms with Crippen LogP contribution in [0, 0.1) is 0 Å². The Morgan fingerprint density at radius 1 is 0.844 bits per heavy atom. The van der Waals surface area contributed by atoms with Crippen LogP contribution in [0.1, 0.15) is 27.6 Å². The summed E-state index contributed by atoms with van der Waals surface area (Å²) < 4.78 is 28.0. The van der Waals surface area contributed by atoms with E-state index >= 15 is 0 Å². The van der Waals surface area contributed by atoms with Crippen LogP contribution in [-0.4, -0.2) is 71.7 Å². The molecule has 14 nitrogen and oxygen atoms in total. The molecule has 0 aliphatic rings.